The molecule has 118 valence electrons. The molecule has 3 fully saturated rings. The molecule has 1 saturated carbocycles. The number of carbonyl (C=O) groups is 1. The summed E-state index contributed by atoms with van der Waals surface area (Å²) < 4.78 is 20.1. The van der Waals surface area contributed by atoms with Crippen LogP contribution in [0.1, 0.15) is 31.2 Å². The zero-order valence-corrected chi connectivity index (χ0v) is 12.6. The Hall–Kier alpha value is -1.62. The maximum atomic E-state index is 14.5. The summed E-state index contributed by atoms with van der Waals surface area (Å²) in [6.07, 6.45) is 3.87. The molecule has 0 bridgehead atoms. The Balaban J connectivity index is 1.44. The van der Waals surface area contributed by atoms with Crippen LogP contribution >= 0.6 is 0 Å². The molecule has 1 atom stereocenters. The number of amides is 1. The third-order valence-corrected chi connectivity index (χ3v) is 4.97. The summed E-state index contributed by atoms with van der Waals surface area (Å²) in [4.78, 5) is 13.7. The molecule has 4 nitrogen and oxygen atoms in total. The fourth-order valence-electron chi connectivity index (χ4n) is 3.58. The summed E-state index contributed by atoms with van der Waals surface area (Å²) in [7, 11) is 0. The minimum atomic E-state index is -0.226. The Bertz CT molecular complexity index is 602. The van der Waals surface area contributed by atoms with Crippen molar-refractivity contribution in [3.63, 3.8) is 0 Å². The van der Waals surface area contributed by atoms with Crippen LogP contribution in [0.4, 0.5) is 4.39 Å². The number of nitrogens with zero attached hydrogens (tertiary/aromatic N) is 1. The number of carbonyl (C=O) groups excluding carboxylic acids is 1. The number of nitrogens with one attached hydrogen (secondary N) is 1. The monoisotopic (exact) mass is 304 g/mol. The second kappa shape index (κ2) is 5.23. The number of rotatable bonds is 4. The summed E-state index contributed by atoms with van der Waals surface area (Å²) >= 11 is 0. The first-order chi connectivity index (χ1) is 10.6. The van der Waals surface area contributed by atoms with Gasteiger partial charge in [-0.15, -0.1) is 0 Å². The van der Waals surface area contributed by atoms with Crippen molar-refractivity contribution in [2.75, 3.05) is 19.6 Å². The molecule has 1 amide bonds. The van der Waals surface area contributed by atoms with Gasteiger partial charge in [0.15, 0.2) is 11.6 Å². The molecule has 22 heavy (non-hydrogen) atoms. The van der Waals surface area contributed by atoms with Crippen LogP contribution in [0.25, 0.3) is 0 Å². The van der Waals surface area contributed by atoms with Gasteiger partial charge in [0.2, 0.25) is 5.91 Å². The molecule has 2 heterocycles. The van der Waals surface area contributed by atoms with Crippen molar-refractivity contribution in [1.29, 1.82) is 0 Å². The average molecular weight is 304 g/mol. The topological polar surface area (TPSA) is 41.6 Å². The number of likely N-dealkylation sites (tertiary alicyclic amines) is 1. The lowest BCUT2D eigenvalue weighted by Gasteiger charge is -2.22. The maximum Gasteiger partial charge on any atom is 0.220 e. The van der Waals surface area contributed by atoms with Gasteiger partial charge in [0.1, 0.15) is 0 Å². The van der Waals surface area contributed by atoms with Crippen molar-refractivity contribution in [2.24, 2.45) is 5.41 Å². The van der Waals surface area contributed by atoms with Crippen molar-refractivity contribution < 1.29 is 13.9 Å². The smallest absolute Gasteiger partial charge is 0.220 e. The largest absolute Gasteiger partial charge is 0.487 e. The van der Waals surface area contributed by atoms with E-state index in [-0.39, 0.29) is 23.2 Å². The Kier molecular flexibility index (Phi) is 3.33. The predicted octanol–water partition coefficient (Wildman–Crippen LogP) is 2.08. The van der Waals surface area contributed by atoms with Gasteiger partial charge in [-0.3, -0.25) is 9.69 Å². The molecule has 1 aliphatic carbocycles. The first-order valence-electron chi connectivity index (χ1n) is 8.07. The minimum Gasteiger partial charge on any atom is -0.487 e. The lowest BCUT2D eigenvalue weighted by molar-refractivity contribution is -0.119. The first kappa shape index (κ1) is 14.0. The number of benzene rings is 1. The molecule has 3 aliphatic rings. The molecule has 1 unspecified atom stereocenters. The van der Waals surface area contributed by atoms with Crippen LogP contribution in [0.3, 0.4) is 0 Å². The number of ether oxygens (including phenoxy) is 1. The van der Waals surface area contributed by atoms with Crippen molar-refractivity contribution in [2.45, 2.75) is 38.3 Å². The van der Waals surface area contributed by atoms with E-state index in [1.807, 2.05) is 12.1 Å². The quantitative estimate of drug-likeness (QED) is 0.926. The zero-order valence-electron chi connectivity index (χ0n) is 12.6. The van der Waals surface area contributed by atoms with E-state index in [9.17, 15) is 9.18 Å². The van der Waals surface area contributed by atoms with Gasteiger partial charge in [0.05, 0.1) is 6.10 Å². The summed E-state index contributed by atoms with van der Waals surface area (Å²) in [6.45, 7) is 3.13. The van der Waals surface area contributed by atoms with Crippen LogP contribution < -0.4 is 10.1 Å². The second-order valence-electron chi connectivity index (χ2n) is 6.96. The average Bonchev–Trinajstić information content (AvgIpc) is 3.12. The van der Waals surface area contributed by atoms with E-state index in [0.717, 1.165) is 38.9 Å². The van der Waals surface area contributed by atoms with Crippen LogP contribution in [-0.2, 0) is 11.3 Å². The Morgan fingerprint density at radius 3 is 3.00 bits per heavy atom. The number of halogens is 1. The Morgan fingerprint density at radius 1 is 1.41 bits per heavy atom. The van der Waals surface area contributed by atoms with E-state index >= 15 is 0 Å². The van der Waals surface area contributed by atoms with E-state index < -0.39 is 0 Å². The fourth-order valence-corrected chi connectivity index (χ4v) is 3.58. The number of hydrogen-bond donors (Lipinski definition) is 1. The van der Waals surface area contributed by atoms with Crippen LogP contribution in [-0.4, -0.2) is 36.5 Å². The van der Waals surface area contributed by atoms with E-state index in [1.54, 1.807) is 6.07 Å². The van der Waals surface area contributed by atoms with Gasteiger partial charge in [0.25, 0.3) is 0 Å². The predicted molar refractivity (Wildman–Crippen MR) is 80.0 cm³/mol. The number of hydrogen-bond acceptors (Lipinski definition) is 3. The summed E-state index contributed by atoms with van der Waals surface area (Å²) in [5, 5.41) is 2.93. The third kappa shape index (κ3) is 2.70. The molecular weight excluding hydrogens is 283 g/mol. The van der Waals surface area contributed by atoms with Gasteiger partial charge < -0.3 is 10.1 Å². The zero-order chi connectivity index (χ0) is 15.2. The van der Waals surface area contributed by atoms with Crippen LogP contribution in [0.15, 0.2) is 18.2 Å². The van der Waals surface area contributed by atoms with Crippen LogP contribution in [0.5, 0.6) is 5.75 Å². The second-order valence-corrected chi connectivity index (χ2v) is 6.96. The highest BCUT2D eigenvalue weighted by Gasteiger charge is 2.43. The van der Waals surface area contributed by atoms with Gasteiger partial charge in [-0.05, 0) is 31.9 Å². The van der Waals surface area contributed by atoms with Crippen LogP contribution in [0, 0.1) is 11.2 Å². The summed E-state index contributed by atoms with van der Waals surface area (Å²) in [6, 6.07) is 5.41. The van der Waals surface area contributed by atoms with Crippen LogP contribution in [0.2, 0.25) is 0 Å². The normalized spacial score (nSPS) is 28.3. The van der Waals surface area contributed by atoms with Crippen molar-refractivity contribution in [3.8, 4) is 5.75 Å². The highest BCUT2D eigenvalue weighted by molar-refractivity contribution is 5.79. The highest BCUT2D eigenvalue weighted by Crippen LogP contribution is 2.37. The molecule has 1 aromatic carbocycles. The molecule has 1 N–H and O–H groups in total. The van der Waals surface area contributed by atoms with Crippen molar-refractivity contribution >= 4 is 5.91 Å². The van der Waals surface area contributed by atoms with Gasteiger partial charge in [-0.2, -0.15) is 0 Å². The van der Waals surface area contributed by atoms with Gasteiger partial charge in [-0.1, -0.05) is 12.1 Å². The summed E-state index contributed by atoms with van der Waals surface area (Å²) in [5.74, 6) is 0.301. The molecular formula is C17H21FN2O2. The lowest BCUT2D eigenvalue weighted by Crippen LogP contribution is -2.29. The van der Waals surface area contributed by atoms with E-state index in [2.05, 4.69) is 10.2 Å². The lowest BCUT2D eigenvalue weighted by atomic mass is 9.86. The van der Waals surface area contributed by atoms with Gasteiger partial charge >= 0.3 is 0 Å². The minimum absolute atomic E-state index is 0.0652. The molecule has 5 heteroatoms. The molecule has 4 rings (SSSR count). The standard InChI is InChI=1S/C17H21FN2O2/c18-16-12(2-1-3-14(16)22-13-4-5-13)9-20-7-6-17(11-20)8-15(21)19-10-17/h1-3,13H,4-11H2,(H,19,21). The first-order valence-corrected chi connectivity index (χ1v) is 8.07. The summed E-state index contributed by atoms with van der Waals surface area (Å²) in [5.41, 5.74) is 0.753. The van der Waals surface area contributed by atoms with E-state index in [4.69, 9.17) is 4.74 Å². The third-order valence-electron chi connectivity index (χ3n) is 4.97. The molecule has 1 spiro atoms. The molecule has 2 saturated heterocycles. The Labute approximate surface area is 129 Å². The molecule has 2 aliphatic heterocycles. The van der Waals surface area contributed by atoms with Crippen molar-refractivity contribution in [1.82, 2.24) is 10.2 Å². The molecule has 1 aromatic rings. The maximum absolute atomic E-state index is 14.5. The highest BCUT2D eigenvalue weighted by atomic mass is 19.1. The van der Waals surface area contributed by atoms with Gasteiger partial charge in [0, 0.05) is 37.0 Å². The Morgan fingerprint density at radius 2 is 2.27 bits per heavy atom. The van der Waals surface area contributed by atoms with Crippen molar-refractivity contribution in [3.05, 3.63) is 29.6 Å². The van der Waals surface area contributed by atoms with E-state index in [0.29, 0.717) is 24.3 Å². The van der Waals surface area contributed by atoms with Gasteiger partial charge in [-0.25, -0.2) is 4.39 Å². The van der Waals surface area contributed by atoms with E-state index in [1.165, 1.54) is 0 Å². The fraction of sp³-hybridized carbons (Fsp3) is 0.588. The molecule has 0 aromatic heterocycles. The molecule has 0 radical (unpaired) electrons. The SMILES string of the molecule is O=C1CC2(CCN(Cc3cccc(OC4CC4)c3F)C2)CN1.